The summed E-state index contributed by atoms with van der Waals surface area (Å²) in [5, 5.41) is 3.18. The molecule has 0 aliphatic carbocycles. The topological polar surface area (TPSA) is 15.3 Å². The summed E-state index contributed by atoms with van der Waals surface area (Å²) in [5.41, 5.74) is 2.75. The van der Waals surface area contributed by atoms with E-state index in [4.69, 9.17) is 0 Å². The molecule has 0 bridgehead atoms. The molecule has 1 heterocycles. The highest BCUT2D eigenvalue weighted by molar-refractivity contribution is 5.47. The Morgan fingerprint density at radius 1 is 1.00 bits per heavy atom. The summed E-state index contributed by atoms with van der Waals surface area (Å²) in [5.74, 6) is 0. The van der Waals surface area contributed by atoms with Crippen molar-refractivity contribution >= 4 is 5.69 Å². The molecule has 0 unspecified atom stereocenters. The molecule has 16 heavy (non-hydrogen) atoms. The number of hydrogen-bond acceptors (Lipinski definition) is 2. The van der Waals surface area contributed by atoms with Crippen molar-refractivity contribution < 1.29 is 0 Å². The van der Waals surface area contributed by atoms with Crippen molar-refractivity contribution in [2.45, 2.75) is 32.2 Å². The van der Waals surface area contributed by atoms with Crippen LogP contribution in [0.15, 0.2) is 24.3 Å². The molecule has 1 aliphatic rings. The molecule has 0 atom stereocenters. The van der Waals surface area contributed by atoms with Gasteiger partial charge in [-0.05, 0) is 37.6 Å². The summed E-state index contributed by atoms with van der Waals surface area (Å²) in [6.45, 7) is 3.41. The van der Waals surface area contributed by atoms with Gasteiger partial charge in [-0.1, -0.05) is 25.0 Å². The van der Waals surface area contributed by atoms with Gasteiger partial charge >= 0.3 is 0 Å². The van der Waals surface area contributed by atoms with Crippen LogP contribution in [0.4, 0.5) is 5.69 Å². The minimum Gasteiger partial charge on any atom is -0.372 e. The third-order valence-corrected chi connectivity index (χ3v) is 3.29. The summed E-state index contributed by atoms with van der Waals surface area (Å²) in [6, 6.07) is 8.99. The van der Waals surface area contributed by atoms with E-state index in [-0.39, 0.29) is 0 Å². The number of benzene rings is 1. The van der Waals surface area contributed by atoms with Gasteiger partial charge in [0.2, 0.25) is 0 Å². The first kappa shape index (κ1) is 11.5. The van der Waals surface area contributed by atoms with Gasteiger partial charge in [0.25, 0.3) is 0 Å². The number of nitrogens with zero attached hydrogens (tertiary/aromatic N) is 1. The number of rotatable bonds is 3. The lowest BCUT2D eigenvalue weighted by molar-refractivity contribution is 0.726. The Bertz CT molecular complexity index is 297. The first-order chi connectivity index (χ1) is 7.90. The van der Waals surface area contributed by atoms with E-state index in [9.17, 15) is 0 Å². The monoisotopic (exact) mass is 218 g/mol. The van der Waals surface area contributed by atoms with Crippen molar-refractivity contribution in [2.75, 3.05) is 25.0 Å². The Kier molecular flexibility index (Phi) is 4.23. The first-order valence-electron chi connectivity index (χ1n) is 6.38. The van der Waals surface area contributed by atoms with Gasteiger partial charge in [-0.15, -0.1) is 0 Å². The molecule has 1 fully saturated rings. The van der Waals surface area contributed by atoms with Crippen molar-refractivity contribution in [3.05, 3.63) is 29.8 Å². The largest absolute Gasteiger partial charge is 0.372 e. The molecule has 1 N–H and O–H groups in total. The minimum absolute atomic E-state index is 0.959. The standard InChI is InChI=1S/C14H22N2/c1-15-12-13-6-8-14(9-7-13)16-10-4-2-3-5-11-16/h6-9,15H,2-5,10-12H2,1H3. The molecule has 0 saturated carbocycles. The van der Waals surface area contributed by atoms with Gasteiger partial charge in [-0.2, -0.15) is 0 Å². The van der Waals surface area contributed by atoms with E-state index in [1.165, 1.54) is 50.0 Å². The van der Waals surface area contributed by atoms with Crippen LogP contribution in [-0.2, 0) is 6.54 Å². The second-order valence-corrected chi connectivity index (χ2v) is 4.60. The Morgan fingerprint density at radius 3 is 2.19 bits per heavy atom. The molecule has 1 saturated heterocycles. The van der Waals surface area contributed by atoms with Gasteiger partial charge in [0.1, 0.15) is 0 Å². The zero-order valence-electron chi connectivity index (χ0n) is 10.2. The van der Waals surface area contributed by atoms with Crippen molar-refractivity contribution in [1.82, 2.24) is 5.32 Å². The van der Waals surface area contributed by atoms with Crippen LogP contribution < -0.4 is 10.2 Å². The van der Waals surface area contributed by atoms with Crippen LogP contribution in [0.5, 0.6) is 0 Å². The maximum absolute atomic E-state index is 3.18. The lowest BCUT2D eigenvalue weighted by Gasteiger charge is -2.22. The Labute approximate surface area is 98.7 Å². The summed E-state index contributed by atoms with van der Waals surface area (Å²) in [7, 11) is 1.99. The van der Waals surface area contributed by atoms with E-state index in [2.05, 4.69) is 34.5 Å². The Morgan fingerprint density at radius 2 is 1.62 bits per heavy atom. The molecule has 2 rings (SSSR count). The highest BCUT2D eigenvalue weighted by Gasteiger charge is 2.09. The molecule has 0 radical (unpaired) electrons. The van der Waals surface area contributed by atoms with Crippen LogP contribution in [0, 0.1) is 0 Å². The van der Waals surface area contributed by atoms with Gasteiger partial charge in [0.05, 0.1) is 0 Å². The highest BCUT2D eigenvalue weighted by Crippen LogP contribution is 2.19. The zero-order chi connectivity index (χ0) is 11.2. The van der Waals surface area contributed by atoms with Crippen molar-refractivity contribution in [2.24, 2.45) is 0 Å². The Hall–Kier alpha value is -1.02. The van der Waals surface area contributed by atoms with E-state index < -0.39 is 0 Å². The number of hydrogen-bond donors (Lipinski definition) is 1. The van der Waals surface area contributed by atoms with Crippen LogP contribution in [0.25, 0.3) is 0 Å². The molecule has 0 aromatic heterocycles. The van der Waals surface area contributed by atoms with Crippen molar-refractivity contribution in [3.63, 3.8) is 0 Å². The van der Waals surface area contributed by atoms with Crippen molar-refractivity contribution in [1.29, 1.82) is 0 Å². The maximum Gasteiger partial charge on any atom is 0.0366 e. The second kappa shape index (κ2) is 5.90. The van der Waals surface area contributed by atoms with Gasteiger partial charge < -0.3 is 10.2 Å². The molecule has 1 aliphatic heterocycles. The third kappa shape index (κ3) is 2.99. The lowest BCUT2D eigenvalue weighted by Crippen LogP contribution is -2.23. The van der Waals surface area contributed by atoms with Crippen LogP contribution in [0.3, 0.4) is 0 Å². The van der Waals surface area contributed by atoms with Crippen LogP contribution in [0.2, 0.25) is 0 Å². The predicted molar refractivity (Wildman–Crippen MR) is 69.9 cm³/mol. The lowest BCUT2D eigenvalue weighted by atomic mass is 10.2. The summed E-state index contributed by atoms with van der Waals surface area (Å²) in [4.78, 5) is 2.52. The van der Waals surface area contributed by atoms with Crippen LogP contribution >= 0.6 is 0 Å². The average molecular weight is 218 g/mol. The van der Waals surface area contributed by atoms with Gasteiger partial charge in [-0.25, -0.2) is 0 Å². The zero-order valence-corrected chi connectivity index (χ0v) is 10.2. The van der Waals surface area contributed by atoms with Crippen LogP contribution in [0.1, 0.15) is 31.2 Å². The molecule has 2 nitrogen and oxygen atoms in total. The number of nitrogens with one attached hydrogen (secondary N) is 1. The first-order valence-corrected chi connectivity index (χ1v) is 6.38. The fraction of sp³-hybridized carbons (Fsp3) is 0.571. The third-order valence-electron chi connectivity index (χ3n) is 3.29. The van der Waals surface area contributed by atoms with E-state index in [0.717, 1.165) is 6.54 Å². The van der Waals surface area contributed by atoms with Crippen LogP contribution in [-0.4, -0.2) is 20.1 Å². The van der Waals surface area contributed by atoms with E-state index in [1.54, 1.807) is 0 Å². The van der Waals surface area contributed by atoms with Gasteiger partial charge in [0.15, 0.2) is 0 Å². The van der Waals surface area contributed by atoms with Crippen molar-refractivity contribution in [3.8, 4) is 0 Å². The SMILES string of the molecule is CNCc1ccc(N2CCCCCC2)cc1. The maximum atomic E-state index is 3.18. The minimum atomic E-state index is 0.959. The highest BCUT2D eigenvalue weighted by atomic mass is 15.1. The van der Waals surface area contributed by atoms with Gasteiger partial charge in [0, 0.05) is 25.3 Å². The van der Waals surface area contributed by atoms with Gasteiger partial charge in [-0.3, -0.25) is 0 Å². The normalized spacial score (nSPS) is 17.2. The summed E-state index contributed by atoms with van der Waals surface area (Å²) in [6.07, 6.45) is 5.49. The summed E-state index contributed by atoms with van der Waals surface area (Å²) >= 11 is 0. The fourth-order valence-electron chi connectivity index (χ4n) is 2.36. The summed E-state index contributed by atoms with van der Waals surface area (Å²) < 4.78 is 0. The number of anilines is 1. The molecule has 0 amide bonds. The molecule has 1 aromatic carbocycles. The quantitative estimate of drug-likeness (QED) is 0.839. The molecule has 2 heteroatoms. The molecule has 1 aromatic rings. The fourth-order valence-corrected chi connectivity index (χ4v) is 2.36. The molecular formula is C14H22N2. The average Bonchev–Trinajstić information content (AvgIpc) is 2.59. The van der Waals surface area contributed by atoms with E-state index in [0.29, 0.717) is 0 Å². The van der Waals surface area contributed by atoms with E-state index in [1.807, 2.05) is 7.05 Å². The second-order valence-electron chi connectivity index (χ2n) is 4.60. The molecular weight excluding hydrogens is 196 g/mol. The van der Waals surface area contributed by atoms with E-state index >= 15 is 0 Å². The molecule has 88 valence electrons. The predicted octanol–water partition coefficient (Wildman–Crippen LogP) is 2.79. The molecule has 0 spiro atoms. The smallest absolute Gasteiger partial charge is 0.0366 e. The Balaban J connectivity index is 2.01.